The first-order valence-electron chi connectivity index (χ1n) is 3.69. The second-order valence-corrected chi connectivity index (χ2v) is 3.39. The summed E-state index contributed by atoms with van der Waals surface area (Å²) in [5, 5.41) is 0. The molecule has 0 aliphatic carbocycles. The number of anilines is 1. The van der Waals surface area contributed by atoms with Gasteiger partial charge < -0.3 is 5.73 Å². The normalized spacial score (nSPS) is 10.6. The lowest BCUT2D eigenvalue weighted by Gasteiger charge is -1.98. The monoisotopic (exact) mass is 240 g/mol. The number of nitrogens with zero attached hydrogens (tertiary/aromatic N) is 1. The topological polar surface area (TPSA) is 56.0 Å². The maximum absolute atomic E-state index is 10.6. The third-order valence-corrected chi connectivity index (χ3v) is 1.87. The van der Waals surface area contributed by atoms with E-state index in [4.69, 9.17) is 5.73 Å². The van der Waals surface area contributed by atoms with Crippen molar-refractivity contribution in [1.82, 2.24) is 4.98 Å². The molecule has 0 radical (unpaired) electrons. The van der Waals surface area contributed by atoms with E-state index >= 15 is 0 Å². The quantitative estimate of drug-likeness (QED) is 0.636. The zero-order chi connectivity index (χ0) is 9.84. The minimum atomic E-state index is -0.0117. The lowest BCUT2D eigenvalue weighted by atomic mass is 10.2. The van der Waals surface area contributed by atoms with Crippen LogP contribution in [0.3, 0.4) is 0 Å². The number of hydrogen-bond acceptors (Lipinski definition) is 3. The number of carbonyl (C=O) groups is 1. The third-order valence-electron chi connectivity index (χ3n) is 1.43. The van der Waals surface area contributed by atoms with Crippen LogP contribution in [0.4, 0.5) is 5.69 Å². The minimum absolute atomic E-state index is 0.0117. The van der Waals surface area contributed by atoms with Gasteiger partial charge in [-0.05, 0) is 41.1 Å². The van der Waals surface area contributed by atoms with Crippen molar-refractivity contribution in [2.45, 2.75) is 6.92 Å². The maximum atomic E-state index is 10.6. The van der Waals surface area contributed by atoms with Crippen LogP contribution in [0.2, 0.25) is 0 Å². The Labute approximate surface area is 84.8 Å². The van der Waals surface area contributed by atoms with Gasteiger partial charge >= 0.3 is 0 Å². The molecule has 2 N–H and O–H groups in total. The molecule has 0 bridgehead atoms. The van der Waals surface area contributed by atoms with Crippen molar-refractivity contribution in [1.29, 1.82) is 0 Å². The molecule has 4 heteroatoms. The molecular weight excluding hydrogens is 232 g/mol. The summed E-state index contributed by atoms with van der Waals surface area (Å²) in [5.74, 6) is -0.0117. The highest BCUT2D eigenvalue weighted by atomic mass is 79.9. The fourth-order valence-electron chi connectivity index (χ4n) is 0.801. The van der Waals surface area contributed by atoms with Gasteiger partial charge in [-0.15, -0.1) is 0 Å². The van der Waals surface area contributed by atoms with Gasteiger partial charge in [0.15, 0.2) is 5.78 Å². The van der Waals surface area contributed by atoms with Crippen LogP contribution in [-0.2, 0) is 4.79 Å². The largest absolute Gasteiger partial charge is 0.398 e. The minimum Gasteiger partial charge on any atom is -0.398 e. The lowest BCUT2D eigenvalue weighted by molar-refractivity contribution is -0.112. The summed E-state index contributed by atoms with van der Waals surface area (Å²) in [5.41, 5.74) is 7.02. The van der Waals surface area contributed by atoms with Crippen LogP contribution in [0.15, 0.2) is 22.9 Å². The van der Waals surface area contributed by atoms with Gasteiger partial charge in [0.1, 0.15) is 4.60 Å². The van der Waals surface area contributed by atoms with Gasteiger partial charge in [0.25, 0.3) is 0 Å². The van der Waals surface area contributed by atoms with Crippen LogP contribution in [0, 0.1) is 0 Å². The Balaban J connectivity index is 2.96. The molecule has 0 spiro atoms. The number of pyridine rings is 1. The number of aromatic nitrogens is 1. The molecule has 0 unspecified atom stereocenters. The molecule has 3 nitrogen and oxygen atoms in total. The average molecular weight is 241 g/mol. The molecule has 1 aromatic rings. The highest BCUT2D eigenvalue weighted by molar-refractivity contribution is 9.10. The van der Waals surface area contributed by atoms with Crippen molar-refractivity contribution >= 4 is 33.5 Å². The Morgan fingerprint density at radius 1 is 1.69 bits per heavy atom. The zero-order valence-electron chi connectivity index (χ0n) is 7.12. The van der Waals surface area contributed by atoms with Crippen LogP contribution < -0.4 is 5.73 Å². The van der Waals surface area contributed by atoms with Crippen LogP contribution >= 0.6 is 15.9 Å². The summed E-state index contributed by atoms with van der Waals surface area (Å²) in [4.78, 5) is 14.6. The predicted molar refractivity (Wildman–Crippen MR) is 56.1 cm³/mol. The second kappa shape index (κ2) is 4.18. The van der Waals surface area contributed by atoms with Gasteiger partial charge in [0.05, 0.1) is 0 Å². The molecule has 0 fully saturated rings. The van der Waals surface area contributed by atoms with Crippen molar-refractivity contribution in [2.75, 3.05) is 5.73 Å². The van der Waals surface area contributed by atoms with Crippen LogP contribution in [0.1, 0.15) is 12.5 Å². The lowest BCUT2D eigenvalue weighted by Crippen LogP contribution is -1.91. The molecule has 0 atom stereocenters. The van der Waals surface area contributed by atoms with Crippen molar-refractivity contribution in [3.05, 3.63) is 28.5 Å². The summed E-state index contributed by atoms with van der Waals surface area (Å²) >= 11 is 3.19. The summed E-state index contributed by atoms with van der Waals surface area (Å²) in [6.45, 7) is 1.49. The smallest absolute Gasteiger partial charge is 0.152 e. The van der Waals surface area contributed by atoms with Crippen molar-refractivity contribution in [2.24, 2.45) is 0 Å². The van der Waals surface area contributed by atoms with E-state index in [0.717, 1.165) is 5.56 Å². The summed E-state index contributed by atoms with van der Waals surface area (Å²) in [7, 11) is 0. The summed E-state index contributed by atoms with van der Waals surface area (Å²) < 4.78 is 0.685. The SMILES string of the molecule is CC(=O)/C=C/c1cnc(Br)cc1N. The molecule has 68 valence electrons. The average Bonchev–Trinajstić information content (AvgIpc) is 2.02. The molecule has 0 saturated heterocycles. The molecule has 0 aromatic carbocycles. The Hall–Kier alpha value is -1.16. The first-order valence-corrected chi connectivity index (χ1v) is 4.48. The molecule has 1 rings (SSSR count). The fraction of sp³-hybridized carbons (Fsp3) is 0.111. The van der Waals surface area contributed by atoms with E-state index in [1.165, 1.54) is 13.0 Å². The van der Waals surface area contributed by atoms with Crippen molar-refractivity contribution < 1.29 is 4.79 Å². The fourth-order valence-corrected chi connectivity index (χ4v) is 1.15. The van der Waals surface area contributed by atoms with Gasteiger partial charge in [-0.25, -0.2) is 4.98 Å². The molecular formula is C9H9BrN2O. The number of halogens is 1. The van der Waals surface area contributed by atoms with Gasteiger partial charge in [0.2, 0.25) is 0 Å². The van der Waals surface area contributed by atoms with Gasteiger partial charge in [-0.1, -0.05) is 0 Å². The highest BCUT2D eigenvalue weighted by Crippen LogP contribution is 2.16. The van der Waals surface area contributed by atoms with E-state index in [2.05, 4.69) is 20.9 Å². The number of allylic oxidation sites excluding steroid dienone is 1. The van der Waals surface area contributed by atoms with Gasteiger partial charge in [-0.3, -0.25) is 4.79 Å². The number of carbonyl (C=O) groups excluding carboxylic acids is 1. The number of nitrogen functional groups attached to an aromatic ring is 1. The molecule has 0 aliphatic rings. The molecule has 0 saturated carbocycles. The Kier molecular flexibility index (Phi) is 3.19. The van der Waals surface area contributed by atoms with Crippen LogP contribution in [0.5, 0.6) is 0 Å². The third kappa shape index (κ3) is 2.99. The van der Waals surface area contributed by atoms with Crippen molar-refractivity contribution in [3.63, 3.8) is 0 Å². The number of ketones is 1. The van der Waals surface area contributed by atoms with Crippen LogP contribution in [-0.4, -0.2) is 10.8 Å². The first-order chi connectivity index (χ1) is 6.09. The van der Waals surface area contributed by atoms with Gasteiger partial charge in [0, 0.05) is 17.4 Å². The van der Waals surface area contributed by atoms with E-state index < -0.39 is 0 Å². The summed E-state index contributed by atoms with van der Waals surface area (Å²) in [6, 6.07) is 1.69. The van der Waals surface area contributed by atoms with E-state index in [1.807, 2.05) is 0 Å². The highest BCUT2D eigenvalue weighted by Gasteiger charge is 1.96. The molecule has 0 aliphatic heterocycles. The van der Waals surface area contributed by atoms with E-state index in [-0.39, 0.29) is 5.78 Å². The van der Waals surface area contributed by atoms with E-state index in [1.54, 1.807) is 18.3 Å². The van der Waals surface area contributed by atoms with Gasteiger partial charge in [-0.2, -0.15) is 0 Å². The number of nitrogens with two attached hydrogens (primary N) is 1. The molecule has 0 amide bonds. The van der Waals surface area contributed by atoms with E-state index in [0.29, 0.717) is 10.3 Å². The molecule has 1 heterocycles. The zero-order valence-corrected chi connectivity index (χ0v) is 8.71. The van der Waals surface area contributed by atoms with Crippen LogP contribution in [0.25, 0.3) is 6.08 Å². The Bertz CT molecular complexity index is 361. The first kappa shape index (κ1) is 9.92. The van der Waals surface area contributed by atoms with E-state index in [9.17, 15) is 4.79 Å². The molecule has 13 heavy (non-hydrogen) atoms. The number of rotatable bonds is 2. The second-order valence-electron chi connectivity index (χ2n) is 2.58. The number of hydrogen-bond donors (Lipinski definition) is 1. The molecule has 1 aromatic heterocycles. The maximum Gasteiger partial charge on any atom is 0.152 e. The Morgan fingerprint density at radius 2 is 2.38 bits per heavy atom. The summed E-state index contributed by atoms with van der Waals surface area (Å²) in [6.07, 6.45) is 4.72. The van der Waals surface area contributed by atoms with Crippen molar-refractivity contribution in [3.8, 4) is 0 Å². The standard InChI is InChI=1S/C9H9BrN2O/c1-6(13)2-3-7-5-12-9(10)4-8(7)11/h2-5H,1H3,(H2,11,12)/b3-2+. The Morgan fingerprint density at radius 3 is 2.92 bits per heavy atom. The predicted octanol–water partition coefficient (Wildman–Crippen LogP) is 2.03.